The molecule has 21 heavy (non-hydrogen) atoms. The molecule has 0 saturated carbocycles. The Hall–Kier alpha value is -1.92. The van der Waals surface area contributed by atoms with Crippen molar-refractivity contribution in [3.8, 4) is 5.75 Å². The molecule has 4 nitrogen and oxygen atoms in total. The number of carbonyl (C=O) groups is 1. The molecule has 0 aromatic heterocycles. The molecule has 0 unspecified atom stereocenters. The second-order valence-corrected chi connectivity index (χ2v) is 4.61. The molecule has 0 bridgehead atoms. The number of alkyl halides is 3. The molecule has 0 aliphatic carbocycles. The van der Waals surface area contributed by atoms with Crippen molar-refractivity contribution in [1.29, 1.82) is 0 Å². The van der Waals surface area contributed by atoms with E-state index in [1.807, 2.05) is 6.92 Å². The molecule has 1 aromatic carbocycles. The maximum Gasteiger partial charge on any atom is 0.406 e. The fraction of sp³-hybridized carbons (Fsp3) is 0.500. The highest BCUT2D eigenvalue weighted by molar-refractivity contribution is 5.78. The number of para-hydroxylation sites is 2. The molecular formula is C14H19F3N2O2. The predicted octanol–water partition coefficient (Wildman–Crippen LogP) is 2.84. The summed E-state index contributed by atoms with van der Waals surface area (Å²) in [6.07, 6.45) is -3.21. The molecule has 1 aromatic rings. The Balaban J connectivity index is 2.61. The van der Waals surface area contributed by atoms with E-state index in [0.29, 0.717) is 18.5 Å². The van der Waals surface area contributed by atoms with E-state index in [9.17, 15) is 18.0 Å². The number of rotatable bonds is 7. The molecule has 1 rings (SSSR count). The highest BCUT2D eigenvalue weighted by Crippen LogP contribution is 2.20. The number of ether oxygens (including phenoxy) is 1. The van der Waals surface area contributed by atoms with Crippen LogP contribution in [0.3, 0.4) is 0 Å². The molecule has 0 radical (unpaired) electrons. The van der Waals surface area contributed by atoms with Gasteiger partial charge in [0.2, 0.25) is 0 Å². The van der Waals surface area contributed by atoms with E-state index in [1.54, 1.807) is 24.3 Å². The predicted molar refractivity (Wildman–Crippen MR) is 73.9 cm³/mol. The maximum atomic E-state index is 12.5. The van der Waals surface area contributed by atoms with Crippen molar-refractivity contribution >= 4 is 11.6 Å². The lowest BCUT2D eigenvalue weighted by Crippen LogP contribution is -2.42. The second-order valence-electron chi connectivity index (χ2n) is 4.61. The summed E-state index contributed by atoms with van der Waals surface area (Å²) >= 11 is 0. The minimum absolute atomic E-state index is 0.0580. The van der Waals surface area contributed by atoms with Gasteiger partial charge in [-0.1, -0.05) is 25.5 Å². The number of nitrogens with two attached hydrogens (primary N) is 1. The van der Waals surface area contributed by atoms with E-state index < -0.39 is 25.2 Å². The molecule has 0 atom stereocenters. The second kappa shape index (κ2) is 7.75. The van der Waals surface area contributed by atoms with Gasteiger partial charge in [-0.3, -0.25) is 4.79 Å². The fourth-order valence-corrected chi connectivity index (χ4v) is 1.70. The summed E-state index contributed by atoms with van der Waals surface area (Å²) < 4.78 is 42.6. The zero-order chi connectivity index (χ0) is 15.9. The highest BCUT2D eigenvalue weighted by Gasteiger charge is 2.32. The maximum absolute atomic E-state index is 12.5. The third-order valence-corrected chi connectivity index (χ3v) is 2.77. The van der Waals surface area contributed by atoms with Crippen LogP contribution in [0.15, 0.2) is 24.3 Å². The molecule has 0 aliphatic rings. The van der Waals surface area contributed by atoms with E-state index >= 15 is 0 Å². The number of nitrogens with zero attached hydrogens (tertiary/aromatic N) is 1. The van der Waals surface area contributed by atoms with Gasteiger partial charge in [0.05, 0.1) is 5.69 Å². The smallest absolute Gasteiger partial charge is 0.406 e. The standard InChI is InChI=1S/C14H19F3N2O2/c1-2-3-8-19(10-14(15,16)17)13(20)9-21-12-7-5-4-6-11(12)18/h4-7H,2-3,8-10,18H2,1H3. The minimum Gasteiger partial charge on any atom is -0.482 e. The van der Waals surface area contributed by atoms with Gasteiger partial charge in [-0.15, -0.1) is 0 Å². The first-order valence-electron chi connectivity index (χ1n) is 6.65. The quantitative estimate of drug-likeness (QED) is 0.788. The lowest BCUT2D eigenvalue weighted by Gasteiger charge is -2.24. The van der Waals surface area contributed by atoms with Gasteiger partial charge in [0.1, 0.15) is 12.3 Å². The van der Waals surface area contributed by atoms with Crippen LogP contribution in [0.25, 0.3) is 0 Å². The number of amides is 1. The van der Waals surface area contributed by atoms with Crippen LogP contribution in [0.1, 0.15) is 19.8 Å². The number of carbonyl (C=O) groups excluding carboxylic acids is 1. The summed E-state index contributed by atoms with van der Waals surface area (Å²) in [6, 6.07) is 6.51. The zero-order valence-corrected chi connectivity index (χ0v) is 11.8. The number of hydrogen-bond acceptors (Lipinski definition) is 3. The number of nitrogen functional groups attached to an aromatic ring is 1. The Morgan fingerprint density at radius 3 is 2.57 bits per heavy atom. The molecule has 7 heteroatoms. The minimum atomic E-state index is -4.42. The van der Waals surface area contributed by atoms with Crippen LogP contribution in [-0.2, 0) is 4.79 Å². The summed E-state index contributed by atoms with van der Waals surface area (Å²) in [5, 5.41) is 0. The molecule has 0 spiro atoms. The molecule has 2 N–H and O–H groups in total. The summed E-state index contributed by atoms with van der Waals surface area (Å²) in [5.41, 5.74) is 5.97. The zero-order valence-electron chi connectivity index (χ0n) is 11.8. The van der Waals surface area contributed by atoms with Crippen LogP contribution >= 0.6 is 0 Å². The average Bonchev–Trinajstić information content (AvgIpc) is 2.41. The molecular weight excluding hydrogens is 285 g/mol. The van der Waals surface area contributed by atoms with Gasteiger partial charge < -0.3 is 15.4 Å². The van der Waals surface area contributed by atoms with Crippen molar-refractivity contribution in [1.82, 2.24) is 4.90 Å². The Morgan fingerprint density at radius 1 is 1.33 bits per heavy atom. The lowest BCUT2D eigenvalue weighted by atomic mass is 10.3. The first-order chi connectivity index (χ1) is 9.83. The normalized spacial score (nSPS) is 11.2. The molecule has 1 amide bonds. The van der Waals surface area contributed by atoms with E-state index in [1.165, 1.54) is 0 Å². The first kappa shape index (κ1) is 17.1. The number of halogens is 3. The van der Waals surface area contributed by atoms with E-state index in [4.69, 9.17) is 10.5 Å². The van der Waals surface area contributed by atoms with E-state index in [2.05, 4.69) is 0 Å². The van der Waals surface area contributed by atoms with Crippen LogP contribution in [0.4, 0.5) is 18.9 Å². The van der Waals surface area contributed by atoms with Gasteiger partial charge in [0.15, 0.2) is 6.61 Å². The summed E-state index contributed by atoms with van der Waals surface area (Å²) in [6.45, 7) is 0.174. The SMILES string of the molecule is CCCCN(CC(F)(F)F)C(=O)COc1ccccc1N. The number of benzene rings is 1. The van der Waals surface area contributed by atoms with Crippen molar-refractivity contribution in [2.45, 2.75) is 25.9 Å². The number of hydrogen-bond donors (Lipinski definition) is 1. The van der Waals surface area contributed by atoms with E-state index in [0.717, 1.165) is 4.90 Å². The van der Waals surface area contributed by atoms with Crippen molar-refractivity contribution in [3.63, 3.8) is 0 Å². The largest absolute Gasteiger partial charge is 0.482 e. The molecule has 0 heterocycles. The van der Waals surface area contributed by atoms with Crippen LogP contribution in [0, 0.1) is 0 Å². The Kier molecular flexibility index (Phi) is 6.33. The Morgan fingerprint density at radius 2 is 2.00 bits per heavy atom. The Labute approximate surface area is 121 Å². The lowest BCUT2D eigenvalue weighted by molar-refractivity contribution is -0.162. The van der Waals surface area contributed by atoms with Crippen molar-refractivity contribution < 1.29 is 22.7 Å². The van der Waals surface area contributed by atoms with Crippen LogP contribution in [0.5, 0.6) is 5.75 Å². The first-order valence-corrected chi connectivity index (χ1v) is 6.65. The topological polar surface area (TPSA) is 55.6 Å². The van der Waals surface area contributed by atoms with Gasteiger partial charge in [-0.25, -0.2) is 0 Å². The number of anilines is 1. The van der Waals surface area contributed by atoms with Crippen LogP contribution in [0.2, 0.25) is 0 Å². The summed E-state index contributed by atoms with van der Waals surface area (Å²) in [5.74, 6) is -0.419. The molecule has 118 valence electrons. The molecule has 0 aliphatic heterocycles. The third-order valence-electron chi connectivity index (χ3n) is 2.77. The van der Waals surface area contributed by atoms with Crippen molar-refractivity contribution in [2.75, 3.05) is 25.4 Å². The van der Waals surface area contributed by atoms with Crippen molar-refractivity contribution in [3.05, 3.63) is 24.3 Å². The Bertz CT molecular complexity index is 464. The summed E-state index contributed by atoms with van der Waals surface area (Å²) in [4.78, 5) is 12.6. The van der Waals surface area contributed by atoms with Crippen molar-refractivity contribution in [2.24, 2.45) is 0 Å². The molecule has 0 fully saturated rings. The van der Waals surface area contributed by atoms with Gasteiger partial charge in [-0.2, -0.15) is 13.2 Å². The van der Waals surface area contributed by atoms with Gasteiger partial charge in [-0.05, 0) is 18.6 Å². The van der Waals surface area contributed by atoms with E-state index in [-0.39, 0.29) is 12.3 Å². The summed E-state index contributed by atoms with van der Waals surface area (Å²) in [7, 11) is 0. The average molecular weight is 304 g/mol. The third kappa shape index (κ3) is 6.37. The highest BCUT2D eigenvalue weighted by atomic mass is 19.4. The van der Waals surface area contributed by atoms with Gasteiger partial charge in [0.25, 0.3) is 5.91 Å². The van der Waals surface area contributed by atoms with Crippen LogP contribution in [-0.4, -0.2) is 36.7 Å². The molecule has 0 saturated heterocycles. The number of unbranched alkanes of at least 4 members (excludes halogenated alkanes) is 1. The monoisotopic (exact) mass is 304 g/mol. The van der Waals surface area contributed by atoms with Gasteiger partial charge in [0, 0.05) is 6.54 Å². The van der Waals surface area contributed by atoms with Gasteiger partial charge >= 0.3 is 6.18 Å². The fourth-order valence-electron chi connectivity index (χ4n) is 1.70. The van der Waals surface area contributed by atoms with Crippen LogP contribution < -0.4 is 10.5 Å².